The van der Waals surface area contributed by atoms with Gasteiger partial charge in [0, 0.05) is 45.8 Å². The lowest BCUT2D eigenvalue weighted by molar-refractivity contribution is -0.0566. The molecule has 0 bridgehead atoms. The van der Waals surface area contributed by atoms with Crippen LogP contribution in [0.5, 0.6) is 0 Å². The normalized spacial score (nSPS) is 21.6. The van der Waals surface area contributed by atoms with Gasteiger partial charge in [-0.2, -0.15) is 0 Å². The Hall–Kier alpha value is -2.32. The van der Waals surface area contributed by atoms with Gasteiger partial charge in [-0.25, -0.2) is 9.59 Å². The Kier molecular flexibility index (Phi) is 8.37. The maximum atomic E-state index is 12.3. The molecule has 1 aliphatic carbocycles. The highest BCUT2D eigenvalue weighted by Crippen LogP contribution is 2.28. The summed E-state index contributed by atoms with van der Waals surface area (Å²) in [5.74, 6) is 0. The number of hydrogen-bond acceptors (Lipinski definition) is 6. The van der Waals surface area contributed by atoms with Crippen molar-refractivity contribution in [3.63, 3.8) is 0 Å². The molecular weight excluding hydrogens is 410 g/mol. The first kappa shape index (κ1) is 24.3. The van der Waals surface area contributed by atoms with Crippen LogP contribution in [0.2, 0.25) is 0 Å². The Bertz CT molecular complexity index is 738. The molecule has 8 nitrogen and oxygen atoms in total. The van der Waals surface area contributed by atoms with Gasteiger partial charge in [0.1, 0.15) is 12.2 Å². The summed E-state index contributed by atoms with van der Waals surface area (Å²) in [4.78, 5) is 30.1. The van der Waals surface area contributed by atoms with E-state index in [2.05, 4.69) is 4.90 Å². The lowest BCUT2D eigenvalue weighted by atomic mass is 9.88. The third kappa shape index (κ3) is 7.38. The van der Waals surface area contributed by atoms with Crippen molar-refractivity contribution >= 4 is 12.2 Å². The molecular formula is C24H37N3O5. The van der Waals surface area contributed by atoms with Crippen LogP contribution in [0.25, 0.3) is 0 Å². The Morgan fingerprint density at radius 3 is 2.34 bits per heavy atom. The number of ether oxygens (including phenoxy) is 3. The first-order chi connectivity index (χ1) is 15.2. The summed E-state index contributed by atoms with van der Waals surface area (Å²) in [6, 6.07) is 9.90. The largest absolute Gasteiger partial charge is 0.445 e. The third-order valence-electron chi connectivity index (χ3n) is 5.90. The SMILES string of the molecule is CN(C(=O)OC(C)(C)C)C1CC(OCCN2CCN(C(=O)OCc3ccccc3)CC2)C1. The lowest BCUT2D eigenvalue weighted by Gasteiger charge is -2.41. The van der Waals surface area contributed by atoms with Gasteiger partial charge in [-0.1, -0.05) is 30.3 Å². The molecule has 3 rings (SSSR count). The summed E-state index contributed by atoms with van der Waals surface area (Å²) in [6.45, 7) is 10.4. The summed E-state index contributed by atoms with van der Waals surface area (Å²) in [5, 5.41) is 0. The van der Waals surface area contributed by atoms with Crippen molar-refractivity contribution in [3.8, 4) is 0 Å². The second kappa shape index (κ2) is 11.0. The molecule has 2 fully saturated rings. The number of nitrogens with zero attached hydrogens (tertiary/aromatic N) is 3. The van der Waals surface area contributed by atoms with Gasteiger partial charge in [-0.3, -0.25) is 4.90 Å². The smallest absolute Gasteiger partial charge is 0.410 e. The Morgan fingerprint density at radius 1 is 1.06 bits per heavy atom. The summed E-state index contributed by atoms with van der Waals surface area (Å²) in [6.07, 6.45) is 1.35. The minimum atomic E-state index is -0.479. The molecule has 8 heteroatoms. The molecule has 2 aliphatic rings. The zero-order chi connectivity index (χ0) is 23.1. The minimum Gasteiger partial charge on any atom is -0.445 e. The fraction of sp³-hybridized carbons (Fsp3) is 0.667. The zero-order valence-electron chi connectivity index (χ0n) is 19.8. The molecule has 0 aromatic heterocycles. The molecule has 0 radical (unpaired) electrons. The third-order valence-corrected chi connectivity index (χ3v) is 5.90. The first-order valence-electron chi connectivity index (χ1n) is 11.5. The molecule has 2 amide bonds. The molecule has 1 saturated carbocycles. The number of carbonyl (C=O) groups excluding carboxylic acids is 2. The van der Waals surface area contributed by atoms with E-state index < -0.39 is 5.60 Å². The van der Waals surface area contributed by atoms with Gasteiger partial charge in [0.2, 0.25) is 0 Å². The number of benzene rings is 1. The van der Waals surface area contributed by atoms with Crippen LogP contribution in [0.4, 0.5) is 9.59 Å². The van der Waals surface area contributed by atoms with Crippen LogP contribution in [0.1, 0.15) is 39.2 Å². The Morgan fingerprint density at radius 2 is 1.72 bits per heavy atom. The molecule has 1 saturated heterocycles. The number of carbonyl (C=O) groups is 2. The van der Waals surface area contributed by atoms with Crippen molar-refractivity contribution in [1.82, 2.24) is 14.7 Å². The summed E-state index contributed by atoms with van der Waals surface area (Å²) >= 11 is 0. The fourth-order valence-corrected chi connectivity index (χ4v) is 3.79. The Balaban J connectivity index is 1.25. The van der Waals surface area contributed by atoms with E-state index in [-0.39, 0.29) is 24.3 Å². The van der Waals surface area contributed by atoms with E-state index in [0.29, 0.717) is 26.3 Å². The van der Waals surface area contributed by atoms with Crippen LogP contribution in [0.15, 0.2) is 30.3 Å². The van der Waals surface area contributed by atoms with Gasteiger partial charge >= 0.3 is 12.2 Å². The van der Waals surface area contributed by atoms with Crippen molar-refractivity contribution in [1.29, 1.82) is 0 Å². The number of piperazine rings is 1. The van der Waals surface area contributed by atoms with Crippen LogP contribution >= 0.6 is 0 Å². The monoisotopic (exact) mass is 447 g/mol. The minimum absolute atomic E-state index is 0.181. The predicted molar refractivity (Wildman–Crippen MR) is 121 cm³/mol. The summed E-state index contributed by atoms with van der Waals surface area (Å²) < 4.78 is 16.8. The first-order valence-corrected chi connectivity index (χ1v) is 11.5. The average Bonchev–Trinajstić information content (AvgIpc) is 2.73. The fourth-order valence-electron chi connectivity index (χ4n) is 3.79. The number of hydrogen-bond donors (Lipinski definition) is 0. The molecule has 0 unspecified atom stereocenters. The summed E-state index contributed by atoms with van der Waals surface area (Å²) in [7, 11) is 1.79. The quantitative estimate of drug-likeness (QED) is 0.638. The van der Waals surface area contributed by atoms with Crippen molar-refractivity contribution < 1.29 is 23.8 Å². The molecule has 1 aliphatic heterocycles. The number of amides is 2. The van der Waals surface area contributed by atoms with Gasteiger partial charge in [-0.15, -0.1) is 0 Å². The van der Waals surface area contributed by atoms with Crippen LogP contribution < -0.4 is 0 Å². The van der Waals surface area contributed by atoms with Crippen LogP contribution in [0, 0.1) is 0 Å². The van der Waals surface area contributed by atoms with Gasteiger partial charge in [0.25, 0.3) is 0 Å². The van der Waals surface area contributed by atoms with E-state index in [1.165, 1.54) is 0 Å². The van der Waals surface area contributed by atoms with Gasteiger partial charge in [-0.05, 0) is 39.2 Å². The van der Waals surface area contributed by atoms with E-state index in [4.69, 9.17) is 14.2 Å². The van der Waals surface area contributed by atoms with Gasteiger partial charge < -0.3 is 24.0 Å². The standard InChI is InChI=1S/C24H37N3O5/c1-24(2,3)32-22(28)25(4)20-16-21(17-20)30-15-14-26-10-12-27(13-11-26)23(29)31-18-19-8-6-5-7-9-19/h5-9,20-21H,10-18H2,1-4H3. The highest BCUT2D eigenvalue weighted by atomic mass is 16.6. The van der Waals surface area contributed by atoms with E-state index in [9.17, 15) is 9.59 Å². The second-order valence-corrected chi connectivity index (χ2v) is 9.58. The van der Waals surface area contributed by atoms with E-state index >= 15 is 0 Å². The maximum absolute atomic E-state index is 12.3. The van der Waals surface area contributed by atoms with Gasteiger partial charge in [0.05, 0.1) is 12.7 Å². The van der Waals surface area contributed by atoms with Crippen LogP contribution in [0.3, 0.4) is 0 Å². The predicted octanol–water partition coefficient (Wildman–Crippen LogP) is 3.36. The molecule has 1 heterocycles. The second-order valence-electron chi connectivity index (χ2n) is 9.58. The molecule has 1 aromatic rings. The van der Waals surface area contributed by atoms with Crippen molar-refractivity contribution in [3.05, 3.63) is 35.9 Å². The molecule has 32 heavy (non-hydrogen) atoms. The van der Waals surface area contributed by atoms with E-state index in [1.807, 2.05) is 51.1 Å². The highest BCUT2D eigenvalue weighted by Gasteiger charge is 2.36. The average molecular weight is 448 g/mol. The van der Waals surface area contributed by atoms with E-state index in [0.717, 1.165) is 38.0 Å². The Labute approximate surface area is 191 Å². The van der Waals surface area contributed by atoms with Gasteiger partial charge in [0.15, 0.2) is 0 Å². The molecule has 0 N–H and O–H groups in total. The van der Waals surface area contributed by atoms with Crippen molar-refractivity contribution in [2.45, 2.75) is 58.0 Å². The molecule has 1 aromatic carbocycles. The van der Waals surface area contributed by atoms with Crippen molar-refractivity contribution in [2.75, 3.05) is 46.4 Å². The lowest BCUT2D eigenvalue weighted by Crippen LogP contribution is -2.51. The summed E-state index contributed by atoms with van der Waals surface area (Å²) in [5.41, 5.74) is 0.514. The zero-order valence-corrected chi connectivity index (χ0v) is 19.8. The highest BCUT2D eigenvalue weighted by molar-refractivity contribution is 5.68. The topological polar surface area (TPSA) is 71.6 Å². The molecule has 0 spiro atoms. The van der Waals surface area contributed by atoms with Crippen LogP contribution in [-0.4, -0.2) is 91.0 Å². The molecule has 0 atom stereocenters. The molecule has 178 valence electrons. The van der Waals surface area contributed by atoms with Crippen LogP contribution in [-0.2, 0) is 20.8 Å². The van der Waals surface area contributed by atoms with E-state index in [1.54, 1.807) is 16.8 Å². The van der Waals surface area contributed by atoms with Crippen molar-refractivity contribution in [2.24, 2.45) is 0 Å². The number of rotatable bonds is 7. The maximum Gasteiger partial charge on any atom is 0.410 e.